The second-order valence-corrected chi connectivity index (χ2v) is 8.57. The summed E-state index contributed by atoms with van der Waals surface area (Å²) in [5.41, 5.74) is 0. The first-order chi connectivity index (χ1) is 12.9. The van der Waals surface area contributed by atoms with E-state index in [1.807, 2.05) is 6.92 Å². The molecule has 1 N–H and O–H groups in total. The fraction of sp³-hybridized carbons (Fsp3) is 0.556. The van der Waals surface area contributed by atoms with Crippen molar-refractivity contribution >= 4 is 10.0 Å². The number of hydrogen-bond donors (Lipinski definition) is 1. The number of nitrogens with one attached hydrogen (secondary N) is 1. The molecular formula is C18H25FN4O3S. The van der Waals surface area contributed by atoms with Crippen LogP contribution in [0.5, 0.6) is 0 Å². The average Bonchev–Trinajstić information content (AvgIpc) is 3.11. The molecule has 27 heavy (non-hydrogen) atoms. The summed E-state index contributed by atoms with van der Waals surface area (Å²) in [7, 11) is -3.65. The topological polar surface area (TPSA) is 88.3 Å². The predicted molar refractivity (Wildman–Crippen MR) is 98.0 cm³/mol. The van der Waals surface area contributed by atoms with Gasteiger partial charge in [0.25, 0.3) is 0 Å². The van der Waals surface area contributed by atoms with Crippen molar-refractivity contribution in [1.29, 1.82) is 0 Å². The lowest BCUT2D eigenvalue weighted by molar-refractivity contribution is 0.134. The molecule has 1 aliphatic heterocycles. The summed E-state index contributed by atoms with van der Waals surface area (Å²) < 4.78 is 45.9. The molecule has 2 aromatic rings. The molecule has 0 saturated carbocycles. The number of sulfonamides is 1. The highest BCUT2D eigenvalue weighted by molar-refractivity contribution is 7.89. The Hall–Kier alpha value is -1.84. The Morgan fingerprint density at radius 3 is 2.59 bits per heavy atom. The maximum atomic E-state index is 13.0. The van der Waals surface area contributed by atoms with E-state index in [1.54, 1.807) is 0 Å². The lowest BCUT2D eigenvalue weighted by Crippen LogP contribution is -2.45. The van der Waals surface area contributed by atoms with Crippen LogP contribution in [0, 0.1) is 5.82 Å². The first-order valence-corrected chi connectivity index (χ1v) is 10.7. The molecular weight excluding hydrogens is 371 g/mol. The summed E-state index contributed by atoms with van der Waals surface area (Å²) in [5, 5.41) is 3.99. The zero-order chi connectivity index (χ0) is 19.4. The molecule has 1 unspecified atom stereocenters. The standard InChI is InChI=1S/C18H25FN4O3S/c1-3-4-17-20-18(26-21-17)13(2)23-11-9-15(10-12-23)22-27(24,25)16-7-5-14(19)6-8-16/h5-8,13,15,22H,3-4,9-12H2,1-2H3. The van der Waals surface area contributed by atoms with E-state index >= 15 is 0 Å². The fourth-order valence-electron chi connectivity index (χ4n) is 3.22. The number of aryl methyl sites for hydroxylation is 1. The summed E-state index contributed by atoms with van der Waals surface area (Å²) >= 11 is 0. The van der Waals surface area contributed by atoms with E-state index in [0.717, 1.165) is 43.9 Å². The molecule has 2 heterocycles. The molecule has 1 saturated heterocycles. The van der Waals surface area contributed by atoms with Gasteiger partial charge in [-0.1, -0.05) is 12.1 Å². The minimum absolute atomic E-state index is 0.00207. The van der Waals surface area contributed by atoms with E-state index in [4.69, 9.17) is 4.52 Å². The molecule has 0 spiro atoms. The van der Waals surface area contributed by atoms with Crippen LogP contribution in [0.25, 0.3) is 0 Å². The van der Waals surface area contributed by atoms with Crippen molar-refractivity contribution in [2.75, 3.05) is 13.1 Å². The van der Waals surface area contributed by atoms with Gasteiger partial charge in [-0.25, -0.2) is 17.5 Å². The Kier molecular flexibility index (Phi) is 6.23. The van der Waals surface area contributed by atoms with E-state index in [-0.39, 0.29) is 17.0 Å². The van der Waals surface area contributed by atoms with Crippen LogP contribution in [0.15, 0.2) is 33.7 Å². The SMILES string of the molecule is CCCc1noc(C(C)N2CCC(NS(=O)(=O)c3ccc(F)cc3)CC2)n1. The predicted octanol–water partition coefficient (Wildman–Crippen LogP) is 2.67. The van der Waals surface area contributed by atoms with Crippen LogP contribution in [-0.4, -0.2) is 42.6 Å². The summed E-state index contributed by atoms with van der Waals surface area (Å²) in [5.74, 6) is 0.865. The van der Waals surface area contributed by atoms with Crippen molar-refractivity contribution in [3.05, 3.63) is 41.8 Å². The molecule has 0 amide bonds. The third-order valence-corrected chi connectivity index (χ3v) is 6.37. The molecule has 148 valence electrons. The number of aromatic nitrogens is 2. The number of nitrogens with zero attached hydrogens (tertiary/aromatic N) is 3. The molecule has 9 heteroatoms. The number of rotatable bonds is 7. The van der Waals surface area contributed by atoms with Crippen LogP contribution < -0.4 is 4.72 Å². The molecule has 0 aliphatic carbocycles. The van der Waals surface area contributed by atoms with Crippen LogP contribution in [0.2, 0.25) is 0 Å². The second kappa shape index (κ2) is 8.45. The van der Waals surface area contributed by atoms with Gasteiger partial charge in [-0.2, -0.15) is 4.98 Å². The maximum absolute atomic E-state index is 13.0. The molecule has 1 fully saturated rings. The quantitative estimate of drug-likeness (QED) is 0.774. The highest BCUT2D eigenvalue weighted by atomic mass is 32.2. The molecule has 1 aliphatic rings. The summed E-state index contributed by atoms with van der Waals surface area (Å²) in [6, 6.07) is 4.70. The van der Waals surface area contributed by atoms with Gasteiger partial charge in [0, 0.05) is 25.6 Å². The Morgan fingerprint density at radius 1 is 1.30 bits per heavy atom. The van der Waals surface area contributed by atoms with Crippen LogP contribution in [-0.2, 0) is 16.4 Å². The van der Waals surface area contributed by atoms with E-state index in [1.165, 1.54) is 12.1 Å². The highest BCUT2D eigenvalue weighted by Crippen LogP contribution is 2.24. The Morgan fingerprint density at radius 2 is 1.96 bits per heavy atom. The van der Waals surface area contributed by atoms with Crippen LogP contribution in [0.3, 0.4) is 0 Å². The van der Waals surface area contributed by atoms with E-state index in [0.29, 0.717) is 18.7 Å². The number of benzene rings is 1. The average molecular weight is 396 g/mol. The normalized spacial score (nSPS) is 17.9. The Labute approximate surface area is 159 Å². The Balaban J connectivity index is 1.55. The van der Waals surface area contributed by atoms with Gasteiger partial charge in [-0.05, 0) is 50.5 Å². The first-order valence-electron chi connectivity index (χ1n) is 9.23. The van der Waals surface area contributed by atoms with Crippen LogP contribution in [0.4, 0.5) is 4.39 Å². The minimum Gasteiger partial charge on any atom is -0.338 e. The van der Waals surface area contributed by atoms with Crippen molar-refractivity contribution in [2.24, 2.45) is 0 Å². The zero-order valence-electron chi connectivity index (χ0n) is 15.6. The van der Waals surface area contributed by atoms with Gasteiger partial charge in [-0.3, -0.25) is 4.90 Å². The van der Waals surface area contributed by atoms with Crippen molar-refractivity contribution in [3.63, 3.8) is 0 Å². The smallest absolute Gasteiger partial charge is 0.243 e. The maximum Gasteiger partial charge on any atom is 0.243 e. The minimum atomic E-state index is -3.65. The van der Waals surface area contributed by atoms with Gasteiger partial charge in [0.1, 0.15) is 5.82 Å². The number of halogens is 1. The largest absolute Gasteiger partial charge is 0.338 e. The molecule has 0 radical (unpaired) electrons. The monoisotopic (exact) mass is 396 g/mol. The van der Waals surface area contributed by atoms with Gasteiger partial charge in [-0.15, -0.1) is 0 Å². The van der Waals surface area contributed by atoms with Gasteiger partial charge in [0.05, 0.1) is 10.9 Å². The second-order valence-electron chi connectivity index (χ2n) is 6.86. The van der Waals surface area contributed by atoms with Crippen molar-refractivity contribution in [3.8, 4) is 0 Å². The molecule has 1 aromatic heterocycles. The summed E-state index contributed by atoms with van der Waals surface area (Å²) in [6.45, 7) is 5.54. The van der Waals surface area contributed by atoms with E-state index in [9.17, 15) is 12.8 Å². The molecule has 1 aromatic carbocycles. The van der Waals surface area contributed by atoms with Crippen molar-refractivity contribution in [1.82, 2.24) is 19.8 Å². The zero-order valence-corrected chi connectivity index (χ0v) is 16.4. The highest BCUT2D eigenvalue weighted by Gasteiger charge is 2.29. The van der Waals surface area contributed by atoms with Gasteiger partial charge in [0.2, 0.25) is 15.9 Å². The molecule has 7 nitrogen and oxygen atoms in total. The number of likely N-dealkylation sites (tertiary alicyclic amines) is 1. The summed E-state index contributed by atoms with van der Waals surface area (Å²) in [4.78, 5) is 6.73. The Bertz CT molecular complexity index is 846. The molecule has 1 atom stereocenters. The number of hydrogen-bond acceptors (Lipinski definition) is 6. The third-order valence-electron chi connectivity index (χ3n) is 4.84. The van der Waals surface area contributed by atoms with Gasteiger partial charge >= 0.3 is 0 Å². The number of piperidine rings is 1. The molecule has 0 bridgehead atoms. The lowest BCUT2D eigenvalue weighted by Gasteiger charge is -2.34. The van der Waals surface area contributed by atoms with Gasteiger partial charge < -0.3 is 4.52 Å². The van der Waals surface area contributed by atoms with E-state index in [2.05, 4.69) is 26.7 Å². The van der Waals surface area contributed by atoms with Crippen molar-refractivity contribution in [2.45, 2.75) is 56.5 Å². The van der Waals surface area contributed by atoms with Crippen LogP contribution in [0.1, 0.15) is 50.9 Å². The molecule has 3 rings (SSSR count). The summed E-state index contributed by atoms with van der Waals surface area (Å²) in [6.07, 6.45) is 3.12. The van der Waals surface area contributed by atoms with E-state index < -0.39 is 15.8 Å². The third kappa shape index (κ3) is 4.91. The first kappa shape index (κ1) is 19.9. The van der Waals surface area contributed by atoms with Crippen molar-refractivity contribution < 1.29 is 17.3 Å². The fourth-order valence-corrected chi connectivity index (χ4v) is 4.53. The lowest BCUT2D eigenvalue weighted by atomic mass is 10.0. The van der Waals surface area contributed by atoms with Gasteiger partial charge in [0.15, 0.2) is 5.82 Å². The van der Waals surface area contributed by atoms with Crippen LogP contribution >= 0.6 is 0 Å².